The van der Waals surface area contributed by atoms with Crippen LogP contribution < -0.4 is 11.5 Å². The summed E-state index contributed by atoms with van der Waals surface area (Å²) in [6.07, 6.45) is -3.12. The summed E-state index contributed by atoms with van der Waals surface area (Å²) in [6, 6.07) is 1.28. The lowest BCUT2D eigenvalue weighted by Crippen LogP contribution is -2.14. The Morgan fingerprint density at radius 2 is 2.24 bits per heavy atom. The molecule has 0 unspecified atom stereocenters. The lowest BCUT2D eigenvalue weighted by Gasteiger charge is -2.12. The Balaban J connectivity index is 3.25. The second kappa shape index (κ2) is 5.53. The molecule has 17 heavy (non-hydrogen) atoms. The zero-order valence-electron chi connectivity index (χ0n) is 9.24. The molecule has 1 aromatic heterocycles. The van der Waals surface area contributed by atoms with Gasteiger partial charge in [-0.15, -0.1) is 0 Å². The van der Waals surface area contributed by atoms with Crippen LogP contribution in [0, 0.1) is 0 Å². The number of carbonyl (C=O) groups is 1. The number of alkyl halides is 2. The van der Waals surface area contributed by atoms with E-state index in [0.717, 1.165) is 0 Å². The topological polar surface area (TPSA) is 91.2 Å². The summed E-state index contributed by atoms with van der Waals surface area (Å²) in [5.74, 6) is -0.610. The van der Waals surface area contributed by atoms with Crippen molar-refractivity contribution in [2.24, 2.45) is 5.73 Å². The number of nitrogens with zero attached hydrogens (tertiary/aromatic N) is 1. The molecule has 0 spiro atoms. The van der Waals surface area contributed by atoms with E-state index in [2.05, 4.69) is 9.72 Å². The number of esters is 1. The van der Waals surface area contributed by atoms with Crippen LogP contribution in [0.25, 0.3) is 0 Å². The normalized spacial score (nSPS) is 10.6. The predicted molar refractivity (Wildman–Crippen MR) is 57.2 cm³/mol. The molecule has 5 nitrogen and oxygen atoms in total. The third-order valence-corrected chi connectivity index (χ3v) is 2.22. The fraction of sp³-hybridized carbons (Fsp3) is 0.400. The molecule has 0 radical (unpaired) electrons. The summed E-state index contributed by atoms with van der Waals surface area (Å²) in [6.45, 7) is -0.0967. The average Bonchev–Trinajstić information content (AvgIpc) is 2.27. The highest BCUT2D eigenvalue weighted by molar-refractivity contribution is 5.72. The molecular weight excluding hydrogens is 232 g/mol. The van der Waals surface area contributed by atoms with Gasteiger partial charge in [-0.2, -0.15) is 0 Å². The molecule has 0 atom stereocenters. The van der Waals surface area contributed by atoms with Crippen LogP contribution in [0.15, 0.2) is 6.07 Å². The summed E-state index contributed by atoms with van der Waals surface area (Å²) >= 11 is 0. The number of nitrogen functional groups attached to an aromatic ring is 1. The van der Waals surface area contributed by atoms with Gasteiger partial charge in [0.05, 0.1) is 19.2 Å². The van der Waals surface area contributed by atoms with Gasteiger partial charge in [0.2, 0.25) is 0 Å². The molecule has 0 bridgehead atoms. The number of anilines is 1. The van der Waals surface area contributed by atoms with Crippen molar-refractivity contribution in [3.63, 3.8) is 0 Å². The largest absolute Gasteiger partial charge is 0.469 e. The zero-order chi connectivity index (χ0) is 13.0. The summed E-state index contributed by atoms with van der Waals surface area (Å²) < 4.78 is 30.2. The maximum absolute atomic E-state index is 12.9. The number of nitrogens with two attached hydrogens (primary N) is 2. The molecule has 4 N–H and O–H groups in total. The maximum atomic E-state index is 12.9. The molecular formula is C10H13F2N3O2. The molecule has 1 heterocycles. The van der Waals surface area contributed by atoms with Crippen LogP contribution in [0.5, 0.6) is 0 Å². The third kappa shape index (κ3) is 3.10. The number of halogens is 2. The first-order valence-electron chi connectivity index (χ1n) is 4.82. The molecule has 0 saturated heterocycles. The summed E-state index contributed by atoms with van der Waals surface area (Å²) in [5, 5.41) is 0. The van der Waals surface area contributed by atoms with Crippen LogP contribution >= 0.6 is 0 Å². The molecule has 1 aromatic rings. The minimum absolute atomic E-state index is 0.0498. The second-order valence-electron chi connectivity index (χ2n) is 3.32. The highest BCUT2D eigenvalue weighted by Gasteiger charge is 2.21. The van der Waals surface area contributed by atoms with Crippen molar-refractivity contribution in [3.8, 4) is 0 Å². The van der Waals surface area contributed by atoms with E-state index in [1.165, 1.54) is 13.2 Å². The SMILES string of the molecule is COC(=O)Cc1nc(N)cc(CN)c1C(F)F. The summed E-state index contributed by atoms with van der Waals surface area (Å²) in [7, 11) is 1.17. The van der Waals surface area contributed by atoms with Crippen molar-refractivity contribution in [3.05, 3.63) is 22.9 Å². The molecule has 0 aliphatic rings. The molecule has 0 amide bonds. The number of hydrogen-bond donors (Lipinski definition) is 2. The van der Waals surface area contributed by atoms with E-state index in [4.69, 9.17) is 11.5 Å². The van der Waals surface area contributed by atoms with Gasteiger partial charge in [-0.05, 0) is 11.6 Å². The molecule has 7 heteroatoms. The van der Waals surface area contributed by atoms with E-state index in [-0.39, 0.29) is 35.6 Å². The van der Waals surface area contributed by atoms with Crippen LogP contribution in [0.1, 0.15) is 23.2 Å². The number of ether oxygens (including phenoxy) is 1. The van der Waals surface area contributed by atoms with Crippen molar-refractivity contribution in [1.29, 1.82) is 0 Å². The zero-order valence-corrected chi connectivity index (χ0v) is 9.24. The van der Waals surface area contributed by atoms with E-state index >= 15 is 0 Å². The van der Waals surface area contributed by atoms with Gasteiger partial charge in [-0.1, -0.05) is 0 Å². The lowest BCUT2D eigenvalue weighted by atomic mass is 10.0. The number of carbonyl (C=O) groups excluding carboxylic acids is 1. The number of hydrogen-bond acceptors (Lipinski definition) is 5. The summed E-state index contributed by atoms with van der Waals surface area (Å²) in [5.41, 5.74) is 10.6. The van der Waals surface area contributed by atoms with Crippen LogP contribution in [0.2, 0.25) is 0 Å². The number of pyridine rings is 1. The third-order valence-electron chi connectivity index (χ3n) is 2.22. The van der Waals surface area contributed by atoms with Crippen molar-refractivity contribution >= 4 is 11.8 Å². The standard InChI is InChI=1S/C10H13F2N3O2/c1-17-8(16)3-6-9(10(11)12)5(4-13)2-7(14)15-6/h2,10H,3-4,13H2,1H3,(H2,14,15). The Morgan fingerprint density at radius 3 is 2.71 bits per heavy atom. The van der Waals surface area contributed by atoms with Crippen LogP contribution in [-0.4, -0.2) is 18.1 Å². The Bertz CT molecular complexity index is 424. The maximum Gasteiger partial charge on any atom is 0.311 e. The van der Waals surface area contributed by atoms with Gasteiger partial charge in [0.25, 0.3) is 6.43 Å². The first-order chi connectivity index (χ1) is 7.99. The highest BCUT2D eigenvalue weighted by Crippen LogP contribution is 2.27. The highest BCUT2D eigenvalue weighted by atomic mass is 19.3. The predicted octanol–water partition coefficient (Wildman–Crippen LogP) is 0.776. The monoisotopic (exact) mass is 245 g/mol. The minimum atomic E-state index is -2.76. The van der Waals surface area contributed by atoms with Crippen molar-refractivity contribution in [2.75, 3.05) is 12.8 Å². The van der Waals surface area contributed by atoms with Gasteiger partial charge in [0.15, 0.2) is 0 Å². The first-order valence-corrected chi connectivity index (χ1v) is 4.82. The van der Waals surface area contributed by atoms with Crippen molar-refractivity contribution in [1.82, 2.24) is 4.98 Å². The van der Waals surface area contributed by atoms with E-state index in [1.807, 2.05) is 0 Å². The van der Waals surface area contributed by atoms with Crippen LogP contribution in [0.4, 0.5) is 14.6 Å². The smallest absolute Gasteiger partial charge is 0.311 e. The fourth-order valence-corrected chi connectivity index (χ4v) is 1.47. The minimum Gasteiger partial charge on any atom is -0.469 e. The van der Waals surface area contributed by atoms with E-state index in [0.29, 0.717) is 0 Å². The first kappa shape index (κ1) is 13.3. The van der Waals surface area contributed by atoms with Crippen LogP contribution in [-0.2, 0) is 22.5 Å². The van der Waals surface area contributed by atoms with E-state index in [9.17, 15) is 13.6 Å². The number of rotatable bonds is 4. The molecule has 0 saturated carbocycles. The number of methoxy groups -OCH3 is 1. The Hall–Kier alpha value is -1.76. The van der Waals surface area contributed by atoms with Crippen molar-refractivity contribution < 1.29 is 18.3 Å². The van der Waals surface area contributed by atoms with Gasteiger partial charge in [-0.25, -0.2) is 13.8 Å². The lowest BCUT2D eigenvalue weighted by molar-refractivity contribution is -0.139. The molecule has 0 aliphatic heterocycles. The van der Waals surface area contributed by atoms with Gasteiger partial charge in [0, 0.05) is 12.1 Å². The Kier molecular flexibility index (Phi) is 4.33. The molecule has 0 fully saturated rings. The van der Waals surface area contributed by atoms with Gasteiger partial charge in [0.1, 0.15) is 5.82 Å². The van der Waals surface area contributed by atoms with Crippen LogP contribution in [0.3, 0.4) is 0 Å². The van der Waals surface area contributed by atoms with E-state index < -0.39 is 12.4 Å². The second-order valence-corrected chi connectivity index (χ2v) is 3.32. The molecule has 0 aliphatic carbocycles. The molecule has 1 rings (SSSR count). The van der Waals surface area contributed by atoms with Gasteiger partial charge < -0.3 is 16.2 Å². The van der Waals surface area contributed by atoms with Gasteiger partial charge >= 0.3 is 5.97 Å². The average molecular weight is 245 g/mol. The number of aromatic nitrogens is 1. The molecule has 94 valence electrons. The Labute approximate surface area is 96.8 Å². The quantitative estimate of drug-likeness (QED) is 0.765. The van der Waals surface area contributed by atoms with Crippen molar-refractivity contribution in [2.45, 2.75) is 19.4 Å². The van der Waals surface area contributed by atoms with E-state index in [1.54, 1.807) is 0 Å². The fourth-order valence-electron chi connectivity index (χ4n) is 1.47. The van der Waals surface area contributed by atoms with Gasteiger partial charge in [-0.3, -0.25) is 4.79 Å². The Morgan fingerprint density at radius 1 is 1.59 bits per heavy atom. The molecule has 0 aromatic carbocycles. The summed E-state index contributed by atoms with van der Waals surface area (Å²) in [4.78, 5) is 14.8.